The number of hydrogen-bond donors (Lipinski definition) is 0. The summed E-state index contributed by atoms with van der Waals surface area (Å²) in [5.74, 6) is 0.136. The van der Waals surface area contributed by atoms with E-state index in [0.29, 0.717) is 18.7 Å². The van der Waals surface area contributed by atoms with Gasteiger partial charge in [0.15, 0.2) is 12.4 Å². The SMILES string of the molecule is O=C1C[C@H]2CN(c3ccc(OCC(F)(F)F)cc3)C(=O)N2C1. The van der Waals surface area contributed by atoms with Crippen LogP contribution in [0.15, 0.2) is 24.3 Å². The number of carbonyl (C=O) groups excluding carboxylic acids is 2. The van der Waals surface area contributed by atoms with Crippen molar-refractivity contribution >= 4 is 17.5 Å². The van der Waals surface area contributed by atoms with Gasteiger partial charge in [-0.05, 0) is 24.3 Å². The van der Waals surface area contributed by atoms with Crippen LogP contribution in [0.2, 0.25) is 0 Å². The minimum Gasteiger partial charge on any atom is -0.484 e. The molecule has 0 spiro atoms. The Hall–Kier alpha value is -2.25. The molecule has 0 saturated carbocycles. The minimum absolute atomic E-state index is 0.0499. The third-order valence-electron chi connectivity index (χ3n) is 3.67. The molecule has 0 aromatic heterocycles. The zero-order valence-corrected chi connectivity index (χ0v) is 11.5. The first-order chi connectivity index (χ1) is 10.3. The van der Waals surface area contributed by atoms with Gasteiger partial charge in [0, 0.05) is 18.7 Å². The quantitative estimate of drug-likeness (QED) is 0.859. The van der Waals surface area contributed by atoms with Crippen LogP contribution in [0, 0.1) is 0 Å². The lowest BCUT2D eigenvalue weighted by atomic mass is 10.2. The van der Waals surface area contributed by atoms with Gasteiger partial charge in [0.25, 0.3) is 0 Å². The van der Waals surface area contributed by atoms with Crippen LogP contribution < -0.4 is 9.64 Å². The second-order valence-corrected chi connectivity index (χ2v) is 5.32. The zero-order chi connectivity index (χ0) is 15.9. The Labute approximate surface area is 124 Å². The number of Topliss-reactive ketones (excluding diaryl/α,β-unsaturated/α-hetero) is 1. The molecule has 118 valence electrons. The van der Waals surface area contributed by atoms with Crippen molar-refractivity contribution < 1.29 is 27.5 Å². The number of urea groups is 1. The number of nitrogens with zero attached hydrogens (tertiary/aromatic N) is 2. The molecule has 1 atom stereocenters. The molecule has 0 unspecified atom stereocenters. The summed E-state index contributed by atoms with van der Waals surface area (Å²) in [6.45, 7) is -0.812. The normalized spacial score (nSPS) is 21.5. The van der Waals surface area contributed by atoms with Crippen molar-refractivity contribution in [1.82, 2.24) is 4.90 Å². The molecule has 2 amide bonds. The van der Waals surface area contributed by atoms with E-state index in [-0.39, 0.29) is 30.2 Å². The van der Waals surface area contributed by atoms with E-state index in [1.54, 1.807) is 0 Å². The number of amides is 2. The average Bonchev–Trinajstić information content (AvgIpc) is 2.95. The molecule has 2 aliphatic heterocycles. The van der Waals surface area contributed by atoms with E-state index in [1.807, 2.05) is 0 Å². The summed E-state index contributed by atoms with van der Waals surface area (Å²) in [7, 11) is 0. The molecule has 1 aromatic rings. The van der Waals surface area contributed by atoms with Crippen LogP contribution in [0.25, 0.3) is 0 Å². The van der Waals surface area contributed by atoms with E-state index >= 15 is 0 Å². The zero-order valence-electron chi connectivity index (χ0n) is 11.5. The molecule has 2 fully saturated rings. The fourth-order valence-corrected chi connectivity index (χ4v) is 2.69. The summed E-state index contributed by atoms with van der Waals surface area (Å²) in [6, 6.07) is 5.49. The average molecular weight is 314 g/mol. The van der Waals surface area contributed by atoms with Gasteiger partial charge in [-0.25, -0.2) is 4.79 Å². The van der Waals surface area contributed by atoms with E-state index in [9.17, 15) is 22.8 Å². The van der Waals surface area contributed by atoms with E-state index in [0.717, 1.165) is 0 Å². The third-order valence-corrected chi connectivity index (χ3v) is 3.67. The smallest absolute Gasteiger partial charge is 0.422 e. The van der Waals surface area contributed by atoms with Gasteiger partial charge in [-0.15, -0.1) is 0 Å². The summed E-state index contributed by atoms with van der Waals surface area (Å²) >= 11 is 0. The maximum atomic E-state index is 12.2. The Balaban J connectivity index is 1.67. The van der Waals surface area contributed by atoms with Crippen molar-refractivity contribution in [2.45, 2.75) is 18.6 Å². The fourth-order valence-electron chi connectivity index (χ4n) is 2.69. The largest absolute Gasteiger partial charge is 0.484 e. The first kappa shape index (κ1) is 14.7. The molecule has 2 aliphatic rings. The molecule has 2 saturated heterocycles. The van der Waals surface area contributed by atoms with Gasteiger partial charge in [-0.3, -0.25) is 9.69 Å². The van der Waals surface area contributed by atoms with Crippen molar-refractivity contribution in [1.29, 1.82) is 0 Å². The second kappa shape index (κ2) is 5.19. The molecule has 3 rings (SSSR count). The Bertz CT molecular complexity index is 600. The van der Waals surface area contributed by atoms with Crippen LogP contribution in [0.4, 0.5) is 23.7 Å². The van der Waals surface area contributed by atoms with Gasteiger partial charge >= 0.3 is 12.2 Å². The van der Waals surface area contributed by atoms with Gasteiger partial charge < -0.3 is 9.64 Å². The number of anilines is 1. The molecule has 22 heavy (non-hydrogen) atoms. The van der Waals surface area contributed by atoms with Crippen LogP contribution in [0.1, 0.15) is 6.42 Å². The highest BCUT2D eigenvalue weighted by atomic mass is 19.4. The Morgan fingerprint density at radius 2 is 1.86 bits per heavy atom. The van der Waals surface area contributed by atoms with Gasteiger partial charge in [0.1, 0.15) is 5.75 Å². The van der Waals surface area contributed by atoms with Crippen molar-refractivity contribution in [2.75, 3.05) is 24.6 Å². The molecule has 0 N–H and O–H groups in total. The Morgan fingerprint density at radius 3 is 2.45 bits per heavy atom. The molecule has 0 radical (unpaired) electrons. The molecular weight excluding hydrogens is 301 g/mol. The van der Waals surface area contributed by atoms with Gasteiger partial charge in [0.2, 0.25) is 0 Å². The summed E-state index contributed by atoms with van der Waals surface area (Å²) in [5.41, 5.74) is 0.575. The number of benzene rings is 1. The number of alkyl halides is 3. The third kappa shape index (κ3) is 2.86. The number of fused-ring (bicyclic) bond motifs is 1. The number of halogens is 3. The second-order valence-electron chi connectivity index (χ2n) is 5.32. The molecular formula is C14H13F3N2O3. The van der Waals surface area contributed by atoms with E-state index < -0.39 is 12.8 Å². The van der Waals surface area contributed by atoms with Gasteiger partial charge in [-0.1, -0.05) is 0 Å². The maximum Gasteiger partial charge on any atom is 0.422 e. The van der Waals surface area contributed by atoms with Crippen molar-refractivity contribution in [2.24, 2.45) is 0 Å². The van der Waals surface area contributed by atoms with Crippen molar-refractivity contribution in [3.8, 4) is 5.75 Å². The van der Waals surface area contributed by atoms with E-state index in [2.05, 4.69) is 4.74 Å². The first-order valence-corrected chi connectivity index (χ1v) is 6.73. The molecule has 1 aromatic carbocycles. The van der Waals surface area contributed by atoms with E-state index in [4.69, 9.17) is 0 Å². The van der Waals surface area contributed by atoms with Crippen LogP contribution in [0.5, 0.6) is 5.75 Å². The predicted octanol–water partition coefficient (Wildman–Crippen LogP) is 2.21. The van der Waals surface area contributed by atoms with Gasteiger partial charge in [-0.2, -0.15) is 13.2 Å². The molecule has 2 heterocycles. The maximum absolute atomic E-state index is 12.2. The van der Waals surface area contributed by atoms with Crippen molar-refractivity contribution in [3.05, 3.63) is 24.3 Å². The number of carbonyl (C=O) groups is 2. The lowest BCUT2D eigenvalue weighted by Crippen LogP contribution is -2.32. The molecule has 0 bridgehead atoms. The van der Waals surface area contributed by atoms with Crippen molar-refractivity contribution in [3.63, 3.8) is 0 Å². The van der Waals surface area contributed by atoms with Crippen LogP contribution >= 0.6 is 0 Å². The highest BCUT2D eigenvalue weighted by Gasteiger charge is 2.43. The van der Waals surface area contributed by atoms with Gasteiger partial charge in [0.05, 0.1) is 12.6 Å². The topological polar surface area (TPSA) is 49.9 Å². The Morgan fingerprint density at radius 1 is 1.18 bits per heavy atom. The van der Waals surface area contributed by atoms with Crippen LogP contribution in [-0.2, 0) is 4.79 Å². The number of ether oxygens (including phenoxy) is 1. The van der Waals surface area contributed by atoms with Crippen LogP contribution in [-0.4, -0.2) is 48.6 Å². The predicted molar refractivity (Wildman–Crippen MR) is 70.9 cm³/mol. The van der Waals surface area contributed by atoms with E-state index in [1.165, 1.54) is 34.1 Å². The van der Waals surface area contributed by atoms with Crippen LogP contribution in [0.3, 0.4) is 0 Å². The summed E-state index contributed by atoms with van der Waals surface area (Å²) in [4.78, 5) is 26.6. The number of ketones is 1. The summed E-state index contributed by atoms with van der Waals surface area (Å²) in [6.07, 6.45) is -4.03. The fraction of sp³-hybridized carbons (Fsp3) is 0.429. The number of hydrogen-bond acceptors (Lipinski definition) is 3. The lowest BCUT2D eigenvalue weighted by Gasteiger charge is -2.17. The molecule has 8 heteroatoms. The highest BCUT2D eigenvalue weighted by molar-refractivity contribution is 6.00. The summed E-state index contributed by atoms with van der Waals surface area (Å²) < 4.78 is 40.8. The monoisotopic (exact) mass is 314 g/mol. The molecule has 0 aliphatic carbocycles. The highest BCUT2D eigenvalue weighted by Crippen LogP contribution is 2.30. The summed E-state index contributed by atoms with van der Waals surface area (Å²) in [5, 5.41) is 0. The number of rotatable bonds is 3. The standard InChI is InChI=1S/C14H13F3N2O3/c15-14(16,17)8-22-12-3-1-9(2-4-12)18-6-10-5-11(20)7-19(10)13(18)21/h1-4,10H,5-8H2/t10-/m0/s1. The Kier molecular flexibility index (Phi) is 3.46. The lowest BCUT2D eigenvalue weighted by molar-refractivity contribution is -0.153. The minimum atomic E-state index is -4.39. The molecule has 5 nitrogen and oxygen atoms in total. The first-order valence-electron chi connectivity index (χ1n) is 6.73.